The minimum Gasteiger partial charge on any atom is -0.481 e. The monoisotopic (exact) mass is 185 g/mol. The lowest BCUT2D eigenvalue weighted by atomic mass is 10.1. The molecule has 0 amide bonds. The summed E-state index contributed by atoms with van der Waals surface area (Å²) in [7, 11) is 1.60. The highest BCUT2D eigenvalue weighted by atomic mass is 35.5. The molecule has 0 aliphatic rings. The van der Waals surface area contributed by atoms with Crippen molar-refractivity contribution in [1.29, 1.82) is 0 Å². The molecule has 0 fully saturated rings. The van der Waals surface area contributed by atoms with E-state index in [1.807, 2.05) is 13.8 Å². The Kier molecular flexibility index (Phi) is 2.93. The second-order valence-electron chi connectivity index (χ2n) is 2.69. The van der Waals surface area contributed by atoms with Gasteiger partial charge in [-0.2, -0.15) is 0 Å². The molecule has 0 aliphatic heterocycles. The van der Waals surface area contributed by atoms with Crippen LogP contribution in [0.3, 0.4) is 0 Å². The van der Waals surface area contributed by atoms with Gasteiger partial charge in [0.05, 0.1) is 13.0 Å². The number of aryl methyl sites for hydroxylation is 1. The van der Waals surface area contributed by atoms with Gasteiger partial charge >= 0.3 is 0 Å². The molecule has 0 aromatic carbocycles. The van der Waals surface area contributed by atoms with E-state index in [2.05, 4.69) is 4.98 Å². The Morgan fingerprint density at radius 1 is 1.50 bits per heavy atom. The highest BCUT2D eigenvalue weighted by molar-refractivity contribution is 6.17. The number of aromatic nitrogens is 1. The number of halogens is 1. The van der Waals surface area contributed by atoms with E-state index >= 15 is 0 Å². The van der Waals surface area contributed by atoms with Gasteiger partial charge in [0, 0.05) is 11.8 Å². The van der Waals surface area contributed by atoms with Crippen LogP contribution in [-0.4, -0.2) is 12.1 Å². The molecule has 3 heteroatoms. The summed E-state index contributed by atoms with van der Waals surface area (Å²) in [5.74, 6) is 1.08. The second-order valence-corrected chi connectivity index (χ2v) is 2.95. The van der Waals surface area contributed by atoms with Crippen LogP contribution in [-0.2, 0) is 5.88 Å². The van der Waals surface area contributed by atoms with Gasteiger partial charge in [-0.05, 0) is 25.0 Å². The molecule has 12 heavy (non-hydrogen) atoms. The zero-order valence-electron chi connectivity index (χ0n) is 7.52. The van der Waals surface area contributed by atoms with E-state index in [9.17, 15) is 0 Å². The van der Waals surface area contributed by atoms with Crippen LogP contribution in [0.15, 0.2) is 6.20 Å². The average molecular weight is 186 g/mol. The Morgan fingerprint density at radius 3 is 2.67 bits per heavy atom. The van der Waals surface area contributed by atoms with E-state index in [1.54, 1.807) is 13.3 Å². The first kappa shape index (κ1) is 9.33. The molecule has 1 heterocycles. The predicted molar refractivity (Wildman–Crippen MR) is 49.8 cm³/mol. The first-order valence-electron chi connectivity index (χ1n) is 3.75. The Labute approximate surface area is 77.5 Å². The average Bonchev–Trinajstić information content (AvgIpc) is 2.09. The Balaban J connectivity index is 3.25. The highest BCUT2D eigenvalue weighted by Crippen LogP contribution is 2.23. The third-order valence-electron chi connectivity index (χ3n) is 2.00. The van der Waals surface area contributed by atoms with Crippen LogP contribution in [0.4, 0.5) is 0 Å². The zero-order chi connectivity index (χ0) is 9.14. The lowest BCUT2D eigenvalue weighted by molar-refractivity contribution is 0.393. The van der Waals surface area contributed by atoms with Gasteiger partial charge < -0.3 is 4.74 Å². The van der Waals surface area contributed by atoms with Crippen LogP contribution in [0.2, 0.25) is 0 Å². The van der Waals surface area contributed by atoms with Gasteiger partial charge in [-0.15, -0.1) is 11.6 Å². The standard InChI is InChI=1S/C9H12ClNO/c1-6-5-11-9(12-3)8(4-10)7(6)2/h5H,4H2,1-3H3. The van der Waals surface area contributed by atoms with Crippen molar-refractivity contribution in [3.8, 4) is 5.88 Å². The molecule has 0 spiro atoms. The van der Waals surface area contributed by atoms with Crippen molar-refractivity contribution in [1.82, 2.24) is 4.98 Å². The van der Waals surface area contributed by atoms with Gasteiger partial charge in [-0.25, -0.2) is 4.98 Å². The van der Waals surface area contributed by atoms with Crippen molar-refractivity contribution in [2.24, 2.45) is 0 Å². The number of hydrogen-bond donors (Lipinski definition) is 0. The van der Waals surface area contributed by atoms with Gasteiger partial charge in [0.15, 0.2) is 0 Å². The number of rotatable bonds is 2. The zero-order valence-corrected chi connectivity index (χ0v) is 8.27. The largest absolute Gasteiger partial charge is 0.481 e. The van der Waals surface area contributed by atoms with Crippen molar-refractivity contribution >= 4 is 11.6 Å². The smallest absolute Gasteiger partial charge is 0.217 e. The number of nitrogens with zero attached hydrogens (tertiary/aromatic N) is 1. The minimum absolute atomic E-state index is 0.448. The molecule has 0 radical (unpaired) electrons. The molecule has 1 aromatic rings. The maximum atomic E-state index is 5.77. The SMILES string of the molecule is COc1ncc(C)c(C)c1CCl. The maximum absolute atomic E-state index is 5.77. The minimum atomic E-state index is 0.448. The molecule has 0 saturated carbocycles. The lowest BCUT2D eigenvalue weighted by Gasteiger charge is -2.09. The second kappa shape index (κ2) is 3.76. The van der Waals surface area contributed by atoms with Crippen molar-refractivity contribution in [2.75, 3.05) is 7.11 Å². The summed E-state index contributed by atoms with van der Waals surface area (Å²) in [6.45, 7) is 4.04. The van der Waals surface area contributed by atoms with Crippen molar-refractivity contribution < 1.29 is 4.74 Å². The van der Waals surface area contributed by atoms with Crippen molar-refractivity contribution in [3.63, 3.8) is 0 Å². The Bertz CT molecular complexity index is 286. The number of hydrogen-bond acceptors (Lipinski definition) is 2. The Hall–Kier alpha value is -0.760. The van der Waals surface area contributed by atoms with Crippen LogP contribution in [0.1, 0.15) is 16.7 Å². The first-order chi connectivity index (χ1) is 5.70. The quantitative estimate of drug-likeness (QED) is 0.661. The van der Waals surface area contributed by atoms with Gasteiger partial charge in [0.1, 0.15) is 0 Å². The topological polar surface area (TPSA) is 22.1 Å². The van der Waals surface area contributed by atoms with Crippen LogP contribution >= 0.6 is 11.6 Å². The number of ether oxygens (including phenoxy) is 1. The molecule has 0 N–H and O–H groups in total. The summed E-state index contributed by atoms with van der Waals surface area (Å²) in [4.78, 5) is 4.12. The molecule has 0 unspecified atom stereocenters. The molecule has 0 bridgehead atoms. The van der Waals surface area contributed by atoms with Gasteiger partial charge in [-0.3, -0.25) is 0 Å². The van der Waals surface area contributed by atoms with Crippen LogP contribution in [0.25, 0.3) is 0 Å². The lowest BCUT2D eigenvalue weighted by Crippen LogP contribution is -1.97. The fourth-order valence-corrected chi connectivity index (χ4v) is 1.38. The van der Waals surface area contributed by atoms with Crippen LogP contribution < -0.4 is 4.74 Å². The van der Waals surface area contributed by atoms with Crippen LogP contribution in [0, 0.1) is 13.8 Å². The molecular formula is C9H12ClNO. The molecule has 2 nitrogen and oxygen atoms in total. The maximum Gasteiger partial charge on any atom is 0.217 e. The number of pyridine rings is 1. The molecule has 1 aromatic heterocycles. The third kappa shape index (κ3) is 1.53. The number of alkyl halides is 1. The first-order valence-corrected chi connectivity index (χ1v) is 4.29. The molecule has 1 rings (SSSR count). The van der Waals surface area contributed by atoms with E-state index < -0.39 is 0 Å². The number of methoxy groups -OCH3 is 1. The molecule has 0 aliphatic carbocycles. The van der Waals surface area contributed by atoms with Gasteiger partial charge in [0.2, 0.25) is 5.88 Å². The van der Waals surface area contributed by atoms with E-state index in [0.29, 0.717) is 11.8 Å². The van der Waals surface area contributed by atoms with Crippen LogP contribution in [0.5, 0.6) is 5.88 Å². The van der Waals surface area contributed by atoms with E-state index in [-0.39, 0.29) is 0 Å². The van der Waals surface area contributed by atoms with Gasteiger partial charge in [0.25, 0.3) is 0 Å². The summed E-state index contributed by atoms with van der Waals surface area (Å²) < 4.78 is 5.08. The molecular weight excluding hydrogens is 174 g/mol. The van der Waals surface area contributed by atoms with E-state index in [0.717, 1.165) is 16.7 Å². The van der Waals surface area contributed by atoms with E-state index in [1.165, 1.54) is 0 Å². The molecule has 0 saturated heterocycles. The fraction of sp³-hybridized carbons (Fsp3) is 0.444. The third-order valence-corrected chi connectivity index (χ3v) is 2.27. The Morgan fingerprint density at radius 2 is 2.17 bits per heavy atom. The van der Waals surface area contributed by atoms with Crippen molar-refractivity contribution in [2.45, 2.75) is 19.7 Å². The van der Waals surface area contributed by atoms with E-state index in [4.69, 9.17) is 16.3 Å². The predicted octanol–water partition coefficient (Wildman–Crippen LogP) is 2.45. The summed E-state index contributed by atoms with van der Waals surface area (Å²) in [6.07, 6.45) is 1.80. The van der Waals surface area contributed by atoms with Crippen molar-refractivity contribution in [3.05, 3.63) is 22.9 Å². The highest BCUT2D eigenvalue weighted by Gasteiger charge is 2.07. The summed E-state index contributed by atoms with van der Waals surface area (Å²) in [5.41, 5.74) is 3.29. The summed E-state index contributed by atoms with van der Waals surface area (Å²) >= 11 is 5.77. The summed E-state index contributed by atoms with van der Waals surface area (Å²) in [6, 6.07) is 0. The summed E-state index contributed by atoms with van der Waals surface area (Å²) in [5, 5.41) is 0. The molecule has 66 valence electrons. The normalized spacial score (nSPS) is 10.0. The van der Waals surface area contributed by atoms with Gasteiger partial charge in [-0.1, -0.05) is 0 Å². The fourth-order valence-electron chi connectivity index (χ4n) is 1.06. The molecule has 0 atom stereocenters.